The Bertz CT molecular complexity index is 552. The van der Waals surface area contributed by atoms with Gasteiger partial charge in [-0.15, -0.1) is 0 Å². The van der Waals surface area contributed by atoms with Crippen molar-refractivity contribution in [3.8, 4) is 0 Å². The number of amides is 1. The Morgan fingerprint density at radius 2 is 1.91 bits per heavy atom. The molecule has 0 aliphatic carbocycles. The highest BCUT2D eigenvalue weighted by Gasteiger charge is 2.41. The summed E-state index contributed by atoms with van der Waals surface area (Å²) in [5.41, 5.74) is 0.201. The van der Waals surface area contributed by atoms with E-state index >= 15 is 0 Å². The molecule has 6 nitrogen and oxygen atoms in total. The van der Waals surface area contributed by atoms with E-state index in [2.05, 4.69) is 0 Å². The van der Waals surface area contributed by atoms with E-state index in [1.807, 2.05) is 30.3 Å². The van der Waals surface area contributed by atoms with Crippen molar-refractivity contribution in [2.75, 3.05) is 6.54 Å². The van der Waals surface area contributed by atoms with Gasteiger partial charge in [0.05, 0.1) is 12.6 Å². The molecule has 0 radical (unpaired) electrons. The van der Waals surface area contributed by atoms with Crippen LogP contribution in [-0.4, -0.2) is 46.4 Å². The van der Waals surface area contributed by atoms with Crippen LogP contribution in [0.2, 0.25) is 0 Å². The fourth-order valence-electron chi connectivity index (χ4n) is 2.38. The quantitative estimate of drug-likeness (QED) is 0.863. The van der Waals surface area contributed by atoms with E-state index in [9.17, 15) is 14.7 Å². The van der Waals surface area contributed by atoms with Crippen LogP contribution in [0.3, 0.4) is 0 Å². The third-order valence-corrected chi connectivity index (χ3v) is 3.40. The summed E-state index contributed by atoms with van der Waals surface area (Å²) in [5.74, 6) is -0.531. The zero-order valence-electron chi connectivity index (χ0n) is 13.7. The molecule has 0 saturated carbocycles. The number of esters is 1. The van der Waals surface area contributed by atoms with Crippen LogP contribution in [0, 0.1) is 0 Å². The predicted molar refractivity (Wildman–Crippen MR) is 83.6 cm³/mol. The number of rotatable bonds is 3. The van der Waals surface area contributed by atoms with E-state index in [-0.39, 0.29) is 19.6 Å². The van der Waals surface area contributed by atoms with Crippen LogP contribution in [-0.2, 0) is 20.9 Å². The molecule has 1 heterocycles. The lowest BCUT2D eigenvalue weighted by molar-refractivity contribution is -0.150. The molecule has 0 bridgehead atoms. The molecule has 126 valence electrons. The van der Waals surface area contributed by atoms with Crippen LogP contribution in [0.4, 0.5) is 4.79 Å². The summed E-state index contributed by atoms with van der Waals surface area (Å²) in [6, 6.07) is 8.47. The van der Waals surface area contributed by atoms with Gasteiger partial charge in [-0.25, -0.2) is 9.59 Å². The first-order valence-electron chi connectivity index (χ1n) is 7.64. The summed E-state index contributed by atoms with van der Waals surface area (Å²) in [5, 5.41) is 9.79. The Balaban J connectivity index is 1.98. The van der Waals surface area contributed by atoms with Crippen molar-refractivity contribution < 1.29 is 24.2 Å². The maximum Gasteiger partial charge on any atom is 0.411 e. The lowest BCUT2D eigenvalue weighted by Gasteiger charge is -2.27. The number of nitrogens with zero attached hydrogens (tertiary/aromatic N) is 1. The molecule has 1 fully saturated rings. The van der Waals surface area contributed by atoms with Crippen molar-refractivity contribution in [2.24, 2.45) is 0 Å². The maximum atomic E-state index is 12.3. The Kier molecular flexibility index (Phi) is 5.26. The van der Waals surface area contributed by atoms with Crippen molar-refractivity contribution in [2.45, 2.75) is 51.5 Å². The van der Waals surface area contributed by atoms with Gasteiger partial charge in [0.15, 0.2) is 0 Å². The van der Waals surface area contributed by atoms with E-state index in [0.29, 0.717) is 0 Å². The third kappa shape index (κ3) is 4.96. The number of carbonyl (C=O) groups is 2. The van der Waals surface area contributed by atoms with Gasteiger partial charge < -0.3 is 14.6 Å². The van der Waals surface area contributed by atoms with Gasteiger partial charge in [-0.3, -0.25) is 4.90 Å². The summed E-state index contributed by atoms with van der Waals surface area (Å²) in [4.78, 5) is 25.7. The Labute approximate surface area is 136 Å². The third-order valence-electron chi connectivity index (χ3n) is 3.40. The summed E-state index contributed by atoms with van der Waals surface area (Å²) in [6.45, 7) is 5.45. The number of likely N-dealkylation sites (tertiary alicyclic amines) is 1. The molecule has 0 spiro atoms. The highest BCUT2D eigenvalue weighted by atomic mass is 16.6. The van der Waals surface area contributed by atoms with Crippen molar-refractivity contribution in [1.82, 2.24) is 4.90 Å². The Morgan fingerprint density at radius 1 is 1.26 bits per heavy atom. The van der Waals surface area contributed by atoms with Crippen molar-refractivity contribution in [3.05, 3.63) is 35.9 Å². The SMILES string of the molecule is CC(C)(C)OC(=O)N1C[C@@H](O)C[C@H]1C(=O)OCc1ccccc1. The van der Waals surface area contributed by atoms with Crippen LogP contribution in [0.15, 0.2) is 30.3 Å². The maximum absolute atomic E-state index is 12.3. The number of aliphatic hydroxyl groups excluding tert-OH is 1. The molecule has 2 rings (SSSR count). The standard InChI is InChI=1S/C17H23NO5/c1-17(2,3)23-16(21)18-10-13(19)9-14(18)15(20)22-11-12-7-5-4-6-8-12/h4-8,13-14,19H,9-11H2,1-3H3/t13-,14-/m0/s1. The summed E-state index contributed by atoms with van der Waals surface area (Å²) in [6.07, 6.45) is -1.21. The fraction of sp³-hybridized carbons (Fsp3) is 0.529. The molecule has 1 aromatic rings. The number of hydrogen-bond donors (Lipinski definition) is 1. The first kappa shape index (κ1) is 17.3. The van der Waals surface area contributed by atoms with Gasteiger partial charge in [0.2, 0.25) is 0 Å². The average Bonchev–Trinajstić information content (AvgIpc) is 2.86. The topological polar surface area (TPSA) is 76.1 Å². The zero-order chi connectivity index (χ0) is 17.0. The second kappa shape index (κ2) is 7.00. The summed E-state index contributed by atoms with van der Waals surface area (Å²) in [7, 11) is 0. The minimum Gasteiger partial charge on any atom is -0.459 e. The number of ether oxygens (including phenoxy) is 2. The summed E-state index contributed by atoms with van der Waals surface area (Å²) < 4.78 is 10.6. The van der Waals surface area contributed by atoms with Crippen molar-refractivity contribution >= 4 is 12.1 Å². The molecule has 1 saturated heterocycles. The number of hydrogen-bond acceptors (Lipinski definition) is 5. The fourth-order valence-corrected chi connectivity index (χ4v) is 2.38. The number of benzene rings is 1. The van der Waals surface area contributed by atoms with Gasteiger partial charge in [0.25, 0.3) is 0 Å². The van der Waals surface area contributed by atoms with Crippen molar-refractivity contribution in [1.29, 1.82) is 0 Å². The molecular formula is C17H23NO5. The number of aliphatic hydroxyl groups is 1. The Morgan fingerprint density at radius 3 is 2.52 bits per heavy atom. The lowest BCUT2D eigenvalue weighted by Crippen LogP contribution is -2.44. The highest BCUT2D eigenvalue weighted by Crippen LogP contribution is 2.22. The molecule has 1 amide bonds. The van der Waals surface area contributed by atoms with Crippen LogP contribution in [0.25, 0.3) is 0 Å². The zero-order valence-corrected chi connectivity index (χ0v) is 13.7. The normalized spacial score (nSPS) is 21.1. The van der Waals surface area contributed by atoms with Crippen LogP contribution in [0.5, 0.6) is 0 Å². The van der Waals surface area contributed by atoms with Gasteiger partial charge in [0, 0.05) is 6.42 Å². The Hall–Kier alpha value is -2.08. The minimum atomic E-state index is -0.816. The molecule has 0 unspecified atom stereocenters. The van der Waals surface area contributed by atoms with Crippen LogP contribution >= 0.6 is 0 Å². The molecule has 2 atom stereocenters. The largest absolute Gasteiger partial charge is 0.459 e. The summed E-state index contributed by atoms with van der Waals surface area (Å²) >= 11 is 0. The van der Waals surface area contributed by atoms with Crippen LogP contribution < -0.4 is 0 Å². The molecule has 1 aliphatic heterocycles. The van der Waals surface area contributed by atoms with Gasteiger partial charge in [0.1, 0.15) is 18.2 Å². The molecule has 1 N–H and O–H groups in total. The van der Waals surface area contributed by atoms with E-state index in [4.69, 9.17) is 9.47 Å². The molecule has 1 aliphatic rings. The van der Waals surface area contributed by atoms with Crippen LogP contribution in [0.1, 0.15) is 32.8 Å². The van der Waals surface area contributed by atoms with Gasteiger partial charge in [-0.1, -0.05) is 30.3 Å². The van der Waals surface area contributed by atoms with E-state index in [1.54, 1.807) is 20.8 Å². The average molecular weight is 321 g/mol. The number of carbonyl (C=O) groups excluding carboxylic acids is 2. The van der Waals surface area contributed by atoms with Gasteiger partial charge in [-0.05, 0) is 26.3 Å². The number of β-amino-alcohol motifs (C(OH)–C–C–N with tert-alkyl or cyclic N) is 1. The van der Waals surface area contributed by atoms with E-state index < -0.39 is 29.8 Å². The molecule has 23 heavy (non-hydrogen) atoms. The molecule has 0 aromatic heterocycles. The predicted octanol–water partition coefficient (Wildman–Crippen LogP) is 2.10. The van der Waals surface area contributed by atoms with Crippen molar-refractivity contribution in [3.63, 3.8) is 0 Å². The molecular weight excluding hydrogens is 298 g/mol. The molecule has 6 heteroatoms. The lowest BCUT2D eigenvalue weighted by atomic mass is 10.2. The first-order chi connectivity index (χ1) is 10.8. The van der Waals surface area contributed by atoms with Gasteiger partial charge >= 0.3 is 12.1 Å². The second-order valence-electron chi connectivity index (χ2n) is 6.63. The monoisotopic (exact) mass is 321 g/mol. The van der Waals surface area contributed by atoms with E-state index in [1.165, 1.54) is 4.90 Å². The first-order valence-corrected chi connectivity index (χ1v) is 7.64. The minimum absolute atomic E-state index is 0.0695. The smallest absolute Gasteiger partial charge is 0.411 e. The van der Waals surface area contributed by atoms with E-state index in [0.717, 1.165) is 5.56 Å². The molecule has 1 aromatic carbocycles. The van der Waals surface area contributed by atoms with Gasteiger partial charge in [-0.2, -0.15) is 0 Å². The highest BCUT2D eigenvalue weighted by molar-refractivity contribution is 5.82. The second-order valence-corrected chi connectivity index (χ2v) is 6.63.